The predicted molar refractivity (Wildman–Crippen MR) is 88.1 cm³/mol. The van der Waals surface area contributed by atoms with Gasteiger partial charge in [0, 0.05) is 12.1 Å². The van der Waals surface area contributed by atoms with Crippen LogP contribution in [-0.4, -0.2) is 36.6 Å². The second-order valence-electron chi connectivity index (χ2n) is 8.10. The van der Waals surface area contributed by atoms with Crippen molar-refractivity contribution >= 4 is 0 Å². The molecule has 1 aliphatic carbocycles. The smallest absolute Gasteiger partial charge is 0.0252 e. The van der Waals surface area contributed by atoms with Crippen LogP contribution in [0.3, 0.4) is 0 Å². The van der Waals surface area contributed by atoms with Gasteiger partial charge in [-0.15, -0.1) is 0 Å². The third-order valence-electron chi connectivity index (χ3n) is 5.56. The number of nitrogens with one attached hydrogen (secondary N) is 1. The van der Waals surface area contributed by atoms with E-state index in [-0.39, 0.29) is 0 Å². The van der Waals surface area contributed by atoms with Gasteiger partial charge in [0.1, 0.15) is 0 Å². The van der Waals surface area contributed by atoms with Crippen molar-refractivity contribution in [3.05, 3.63) is 0 Å². The average molecular weight is 280 g/mol. The molecule has 1 saturated carbocycles. The Morgan fingerprint density at radius 3 is 2.35 bits per heavy atom. The molecule has 0 aromatic carbocycles. The monoisotopic (exact) mass is 280 g/mol. The van der Waals surface area contributed by atoms with E-state index in [1.165, 1.54) is 64.6 Å². The fourth-order valence-corrected chi connectivity index (χ4v) is 4.15. The van der Waals surface area contributed by atoms with Crippen molar-refractivity contribution in [3.63, 3.8) is 0 Å². The fourth-order valence-electron chi connectivity index (χ4n) is 4.15. The summed E-state index contributed by atoms with van der Waals surface area (Å²) >= 11 is 0. The van der Waals surface area contributed by atoms with Gasteiger partial charge in [-0.3, -0.25) is 4.90 Å². The van der Waals surface area contributed by atoms with E-state index in [0.29, 0.717) is 5.41 Å². The van der Waals surface area contributed by atoms with Gasteiger partial charge in [-0.1, -0.05) is 34.1 Å². The molecule has 1 saturated heterocycles. The molecule has 0 spiro atoms. The van der Waals surface area contributed by atoms with Gasteiger partial charge in [0.2, 0.25) is 0 Å². The third-order valence-corrected chi connectivity index (χ3v) is 5.56. The lowest BCUT2D eigenvalue weighted by Crippen LogP contribution is -2.55. The van der Waals surface area contributed by atoms with Crippen molar-refractivity contribution < 1.29 is 0 Å². The summed E-state index contributed by atoms with van der Waals surface area (Å²) in [6, 6.07) is 1.53. The highest BCUT2D eigenvalue weighted by Gasteiger charge is 2.38. The normalized spacial score (nSPS) is 33.3. The van der Waals surface area contributed by atoms with E-state index < -0.39 is 0 Å². The Morgan fingerprint density at radius 2 is 1.75 bits per heavy atom. The second-order valence-corrected chi connectivity index (χ2v) is 8.10. The van der Waals surface area contributed by atoms with Gasteiger partial charge in [-0.05, 0) is 69.5 Å². The molecule has 1 N–H and O–H groups in total. The molecule has 2 heteroatoms. The molecule has 0 bridgehead atoms. The van der Waals surface area contributed by atoms with E-state index in [9.17, 15) is 0 Å². The maximum Gasteiger partial charge on any atom is 0.0252 e. The largest absolute Gasteiger partial charge is 0.312 e. The molecular formula is C18H36N2. The first kappa shape index (κ1) is 16.3. The quantitative estimate of drug-likeness (QED) is 0.835. The zero-order valence-corrected chi connectivity index (χ0v) is 14.3. The standard InChI is InChI=1S/C18H36N2/c1-5-11-19-16-10-9-15(18(2,3)4)14-17(16)20-12-7-6-8-13-20/h15-17,19H,5-14H2,1-4H3. The summed E-state index contributed by atoms with van der Waals surface area (Å²) in [5.41, 5.74) is 0.476. The van der Waals surface area contributed by atoms with Crippen molar-refractivity contribution in [2.75, 3.05) is 19.6 Å². The minimum atomic E-state index is 0.476. The molecule has 1 heterocycles. The highest BCUT2D eigenvalue weighted by molar-refractivity contribution is 4.94. The third kappa shape index (κ3) is 4.21. The molecule has 0 aromatic rings. The Labute approximate surface area is 126 Å². The zero-order valence-electron chi connectivity index (χ0n) is 14.3. The summed E-state index contributed by atoms with van der Waals surface area (Å²) in [6.45, 7) is 13.5. The lowest BCUT2D eigenvalue weighted by molar-refractivity contribution is 0.0474. The van der Waals surface area contributed by atoms with Crippen LogP contribution in [-0.2, 0) is 0 Å². The lowest BCUT2D eigenvalue weighted by atomic mass is 9.69. The Kier molecular flexibility index (Phi) is 5.92. The summed E-state index contributed by atoms with van der Waals surface area (Å²) in [4.78, 5) is 2.81. The molecule has 3 unspecified atom stereocenters. The van der Waals surface area contributed by atoms with Crippen molar-refractivity contribution in [2.24, 2.45) is 11.3 Å². The maximum absolute atomic E-state index is 3.85. The lowest BCUT2D eigenvalue weighted by Gasteiger charge is -2.47. The summed E-state index contributed by atoms with van der Waals surface area (Å²) < 4.78 is 0. The van der Waals surface area contributed by atoms with Crippen LogP contribution in [0, 0.1) is 11.3 Å². The molecule has 2 nitrogen and oxygen atoms in total. The zero-order chi connectivity index (χ0) is 14.6. The Balaban J connectivity index is 2.01. The molecule has 118 valence electrons. The minimum absolute atomic E-state index is 0.476. The first-order chi connectivity index (χ1) is 9.52. The highest BCUT2D eigenvalue weighted by Crippen LogP contribution is 2.40. The predicted octanol–water partition coefficient (Wildman–Crippen LogP) is 4.06. The molecule has 1 aliphatic heterocycles. The van der Waals surface area contributed by atoms with Gasteiger partial charge in [-0.25, -0.2) is 0 Å². The number of likely N-dealkylation sites (tertiary alicyclic amines) is 1. The Morgan fingerprint density at radius 1 is 1.05 bits per heavy atom. The van der Waals surface area contributed by atoms with Crippen LogP contribution in [0.1, 0.15) is 72.6 Å². The van der Waals surface area contributed by atoms with E-state index in [2.05, 4.69) is 37.9 Å². The Hall–Kier alpha value is -0.0800. The van der Waals surface area contributed by atoms with Crippen LogP contribution < -0.4 is 5.32 Å². The van der Waals surface area contributed by atoms with E-state index in [4.69, 9.17) is 0 Å². The highest BCUT2D eigenvalue weighted by atomic mass is 15.2. The van der Waals surface area contributed by atoms with E-state index >= 15 is 0 Å². The van der Waals surface area contributed by atoms with E-state index in [1.807, 2.05) is 0 Å². The molecule has 20 heavy (non-hydrogen) atoms. The molecule has 0 radical (unpaired) electrons. The van der Waals surface area contributed by atoms with E-state index in [1.54, 1.807) is 0 Å². The summed E-state index contributed by atoms with van der Waals surface area (Å²) in [5, 5.41) is 3.85. The molecule has 2 fully saturated rings. The first-order valence-electron chi connectivity index (χ1n) is 8.99. The van der Waals surface area contributed by atoms with Crippen LogP contribution >= 0.6 is 0 Å². The van der Waals surface area contributed by atoms with Crippen LogP contribution in [0.25, 0.3) is 0 Å². The van der Waals surface area contributed by atoms with Crippen molar-refractivity contribution in [1.29, 1.82) is 0 Å². The fraction of sp³-hybridized carbons (Fsp3) is 1.00. The average Bonchev–Trinajstić information content (AvgIpc) is 2.45. The topological polar surface area (TPSA) is 15.3 Å². The molecule has 2 aliphatic rings. The molecule has 0 aromatic heterocycles. The molecule has 0 amide bonds. The van der Waals surface area contributed by atoms with Crippen LogP contribution in [0.4, 0.5) is 0 Å². The molecule has 3 atom stereocenters. The molecular weight excluding hydrogens is 244 g/mol. The Bertz CT molecular complexity index is 276. The van der Waals surface area contributed by atoms with Crippen LogP contribution in [0.5, 0.6) is 0 Å². The SMILES string of the molecule is CCCNC1CCC(C(C)(C)C)CC1N1CCCCC1. The van der Waals surface area contributed by atoms with Crippen molar-refractivity contribution in [2.45, 2.75) is 84.7 Å². The first-order valence-corrected chi connectivity index (χ1v) is 8.99. The van der Waals surface area contributed by atoms with Gasteiger partial charge in [0.05, 0.1) is 0 Å². The van der Waals surface area contributed by atoms with E-state index in [0.717, 1.165) is 18.0 Å². The van der Waals surface area contributed by atoms with Gasteiger partial charge in [0.15, 0.2) is 0 Å². The summed E-state index contributed by atoms with van der Waals surface area (Å²) in [6.07, 6.45) is 9.72. The molecule has 2 rings (SSSR count). The number of piperidine rings is 1. The number of hydrogen-bond acceptors (Lipinski definition) is 2. The van der Waals surface area contributed by atoms with Gasteiger partial charge in [-0.2, -0.15) is 0 Å². The summed E-state index contributed by atoms with van der Waals surface area (Å²) in [7, 11) is 0. The summed E-state index contributed by atoms with van der Waals surface area (Å²) in [5.74, 6) is 0.897. The van der Waals surface area contributed by atoms with Crippen molar-refractivity contribution in [3.8, 4) is 0 Å². The number of nitrogens with zero attached hydrogens (tertiary/aromatic N) is 1. The second kappa shape index (κ2) is 7.26. The number of rotatable bonds is 4. The van der Waals surface area contributed by atoms with Crippen molar-refractivity contribution in [1.82, 2.24) is 10.2 Å². The van der Waals surface area contributed by atoms with Crippen LogP contribution in [0.15, 0.2) is 0 Å². The van der Waals surface area contributed by atoms with Crippen LogP contribution in [0.2, 0.25) is 0 Å². The maximum atomic E-state index is 3.85. The van der Waals surface area contributed by atoms with Gasteiger partial charge in [0.25, 0.3) is 0 Å². The van der Waals surface area contributed by atoms with Gasteiger partial charge < -0.3 is 5.32 Å². The minimum Gasteiger partial charge on any atom is -0.312 e. The van der Waals surface area contributed by atoms with Gasteiger partial charge >= 0.3 is 0 Å². The number of hydrogen-bond donors (Lipinski definition) is 1.